The highest BCUT2D eigenvalue weighted by atomic mass is 32.1. The van der Waals surface area contributed by atoms with E-state index >= 15 is 0 Å². The van der Waals surface area contributed by atoms with Crippen molar-refractivity contribution in [3.63, 3.8) is 0 Å². The summed E-state index contributed by atoms with van der Waals surface area (Å²) in [6, 6.07) is 7.86. The number of hydrogen-bond acceptors (Lipinski definition) is 6. The lowest BCUT2D eigenvalue weighted by Crippen LogP contribution is -1.99. The van der Waals surface area contributed by atoms with Crippen LogP contribution in [-0.2, 0) is 0 Å². The van der Waals surface area contributed by atoms with Crippen molar-refractivity contribution in [1.82, 2.24) is 25.2 Å². The smallest absolute Gasteiger partial charge is 0.207 e. The molecule has 3 aromatic rings. The first-order valence-corrected chi connectivity index (χ1v) is 6.43. The second-order valence-corrected chi connectivity index (χ2v) is 5.08. The van der Waals surface area contributed by atoms with Gasteiger partial charge >= 0.3 is 0 Å². The maximum absolute atomic E-state index is 13.4. The van der Waals surface area contributed by atoms with Crippen molar-refractivity contribution < 1.29 is 4.39 Å². The second kappa shape index (κ2) is 4.79. The summed E-state index contributed by atoms with van der Waals surface area (Å²) in [7, 11) is 0. The van der Waals surface area contributed by atoms with E-state index in [1.54, 1.807) is 12.1 Å². The fraction of sp³-hybridized carbons (Fsp3) is 0.0833. The average molecular weight is 286 g/mol. The van der Waals surface area contributed by atoms with Gasteiger partial charge in [0.1, 0.15) is 22.6 Å². The maximum Gasteiger partial charge on any atom is 0.234 e. The van der Waals surface area contributed by atoms with Crippen LogP contribution in [0.1, 0.15) is 10.7 Å². The van der Waals surface area contributed by atoms with E-state index in [9.17, 15) is 4.39 Å². The molecule has 0 amide bonds. The van der Waals surface area contributed by atoms with Gasteiger partial charge in [-0.1, -0.05) is 28.7 Å². The molecule has 0 spiro atoms. The van der Waals surface area contributed by atoms with Crippen LogP contribution < -0.4 is 0 Å². The van der Waals surface area contributed by atoms with Gasteiger partial charge in [0.05, 0.1) is 0 Å². The number of aromatic nitrogens is 5. The molecule has 0 radical (unpaired) electrons. The van der Waals surface area contributed by atoms with E-state index in [0.717, 1.165) is 5.01 Å². The van der Waals surface area contributed by atoms with Gasteiger partial charge in [-0.2, -0.15) is 9.94 Å². The molecule has 0 saturated carbocycles. The molecule has 2 aromatic heterocycles. The van der Waals surface area contributed by atoms with E-state index in [1.165, 1.54) is 28.2 Å². The third-order valence-corrected chi connectivity index (χ3v) is 3.39. The van der Waals surface area contributed by atoms with Crippen molar-refractivity contribution in [3.8, 4) is 22.5 Å². The van der Waals surface area contributed by atoms with Gasteiger partial charge in [0, 0.05) is 5.56 Å². The minimum atomic E-state index is -0.396. The molecule has 1 aromatic carbocycles. The number of hydrogen-bond donors (Lipinski definition) is 0. The summed E-state index contributed by atoms with van der Waals surface area (Å²) in [6.07, 6.45) is 0. The highest BCUT2D eigenvalue weighted by molar-refractivity contribution is 7.13. The molecular weight excluding hydrogens is 279 g/mol. The zero-order chi connectivity index (χ0) is 14.1. The van der Waals surface area contributed by atoms with Crippen molar-refractivity contribution >= 4 is 11.3 Å². The quantitative estimate of drug-likeness (QED) is 0.720. The second-order valence-electron chi connectivity index (χ2n) is 3.92. The largest absolute Gasteiger partial charge is 0.234 e. The number of aryl methyl sites for hydroxylation is 1. The number of nitriles is 1. The summed E-state index contributed by atoms with van der Waals surface area (Å²) in [6.45, 7) is 1.81. The third-order valence-electron chi connectivity index (χ3n) is 2.57. The van der Waals surface area contributed by atoms with Crippen molar-refractivity contribution in [3.05, 3.63) is 40.8 Å². The first-order chi connectivity index (χ1) is 9.69. The third kappa shape index (κ3) is 2.04. The molecule has 0 bridgehead atoms. The molecule has 98 valence electrons. The summed E-state index contributed by atoms with van der Waals surface area (Å²) in [5.41, 5.74) is 1.03. The maximum atomic E-state index is 13.4. The van der Waals surface area contributed by atoms with Gasteiger partial charge in [-0.25, -0.2) is 4.39 Å². The van der Waals surface area contributed by atoms with Crippen LogP contribution >= 0.6 is 11.3 Å². The normalized spacial score (nSPS) is 10.4. The van der Waals surface area contributed by atoms with E-state index in [2.05, 4.69) is 20.5 Å². The molecule has 0 saturated heterocycles. The van der Waals surface area contributed by atoms with Crippen molar-refractivity contribution in [2.45, 2.75) is 6.92 Å². The lowest BCUT2D eigenvalue weighted by molar-refractivity contribution is 0.628. The van der Waals surface area contributed by atoms with E-state index in [0.29, 0.717) is 16.4 Å². The van der Waals surface area contributed by atoms with Crippen LogP contribution in [-0.4, -0.2) is 25.2 Å². The summed E-state index contributed by atoms with van der Waals surface area (Å²) in [5.74, 6) is -0.396. The molecule has 0 fully saturated rings. The minimum Gasteiger partial charge on any atom is -0.207 e. The molecule has 20 heavy (non-hydrogen) atoms. The predicted octanol–water partition coefficient (Wildman–Crippen LogP) is 2.10. The van der Waals surface area contributed by atoms with E-state index in [-0.39, 0.29) is 5.69 Å². The Bertz CT molecular complexity index is 815. The Balaban J connectivity index is 2.24. The fourth-order valence-corrected chi connectivity index (χ4v) is 2.40. The number of nitrogens with zero attached hydrogens (tertiary/aromatic N) is 6. The first-order valence-electron chi connectivity index (χ1n) is 5.61. The fourth-order valence-electron chi connectivity index (χ4n) is 1.76. The zero-order valence-electron chi connectivity index (χ0n) is 10.3. The highest BCUT2D eigenvalue weighted by Gasteiger charge is 2.18. The zero-order valence-corrected chi connectivity index (χ0v) is 11.1. The molecule has 0 aliphatic carbocycles. The topological polar surface area (TPSA) is 80.3 Å². The van der Waals surface area contributed by atoms with Gasteiger partial charge in [0.2, 0.25) is 5.13 Å². The molecule has 3 rings (SSSR count). The summed E-state index contributed by atoms with van der Waals surface area (Å²) < 4.78 is 14.8. The van der Waals surface area contributed by atoms with Crippen LogP contribution in [0, 0.1) is 24.1 Å². The first kappa shape index (κ1) is 12.4. The molecule has 2 heterocycles. The number of halogens is 1. The monoisotopic (exact) mass is 286 g/mol. The predicted molar refractivity (Wildman–Crippen MR) is 69.7 cm³/mol. The molecule has 0 aliphatic heterocycles. The van der Waals surface area contributed by atoms with Gasteiger partial charge in [0.25, 0.3) is 0 Å². The van der Waals surface area contributed by atoms with Crippen LogP contribution in [0.2, 0.25) is 0 Å². The Kier molecular flexibility index (Phi) is 2.96. The van der Waals surface area contributed by atoms with Crippen LogP contribution in [0.15, 0.2) is 24.3 Å². The van der Waals surface area contributed by atoms with Gasteiger partial charge in [-0.05, 0) is 19.1 Å². The Labute approximate surface area is 117 Å². The highest BCUT2D eigenvalue weighted by Crippen LogP contribution is 2.26. The van der Waals surface area contributed by atoms with Crippen LogP contribution in [0.3, 0.4) is 0 Å². The minimum absolute atomic E-state index is 0.114. The van der Waals surface area contributed by atoms with Crippen LogP contribution in [0.5, 0.6) is 0 Å². The van der Waals surface area contributed by atoms with Crippen LogP contribution in [0.4, 0.5) is 4.39 Å². The molecule has 6 nitrogen and oxygen atoms in total. The van der Waals surface area contributed by atoms with Gasteiger partial charge in [-0.15, -0.1) is 15.3 Å². The molecule has 0 unspecified atom stereocenters. The summed E-state index contributed by atoms with van der Waals surface area (Å²) in [4.78, 5) is 0. The standard InChI is InChI=1S/C12H7FN6S/c1-7-15-17-12(20-7)19-11(10(6-14)16-18-19)8-3-2-4-9(13)5-8/h2-5H,1H3. The molecule has 0 atom stereocenters. The molecule has 8 heteroatoms. The SMILES string of the molecule is Cc1nnc(-n2nnc(C#N)c2-c2cccc(F)c2)s1. The summed E-state index contributed by atoms with van der Waals surface area (Å²) >= 11 is 1.31. The Morgan fingerprint density at radius 3 is 2.80 bits per heavy atom. The van der Waals surface area contributed by atoms with E-state index in [1.807, 2.05) is 13.0 Å². The van der Waals surface area contributed by atoms with Crippen molar-refractivity contribution in [2.75, 3.05) is 0 Å². The van der Waals surface area contributed by atoms with Gasteiger partial charge in [0.15, 0.2) is 5.69 Å². The number of benzene rings is 1. The van der Waals surface area contributed by atoms with Crippen LogP contribution in [0.25, 0.3) is 16.4 Å². The molecule has 0 N–H and O–H groups in total. The van der Waals surface area contributed by atoms with Crippen molar-refractivity contribution in [2.24, 2.45) is 0 Å². The Morgan fingerprint density at radius 1 is 1.30 bits per heavy atom. The number of rotatable bonds is 2. The van der Waals surface area contributed by atoms with E-state index < -0.39 is 5.82 Å². The van der Waals surface area contributed by atoms with Crippen molar-refractivity contribution in [1.29, 1.82) is 5.26 Å². The Morgan fingerprint density at radius 2 is 2.15 bits per heavy atom. The molecular formula is C12H7FN6S. The Hall–Kier alpha value is -2.66. The van der Waals surface area contributed by atoms with Gasteiger partial charge in [-0.3, -0.25) is 0 Å². The molecule has 0 aliphatic rings. The lowest BCUT2D eigenvalue weighted by atomic mass is 10.1. The van der Waals surface area contributed by atoms with E-state index in [4.69, 9.17) is 5.26 Å². The van der Waals surface area contributed by atoms with Gasteiger partial charge < -0.3 is 0 Å². The lowest BCUT2D eigenvalue weighted by Gasteiger charge is -2.02. The summed E-state index contributed by atoms with van der Waals surface area (Å²) in [5, 5.41) is 25.9. The average Bonchev–Trinajstić information content (AvgIpc) is 3.04.